The number of amides is 2. The van der Waals surface area contributed by atoms with Crippen LogP contribution >= 0.6 is 0 Å². The van der Waals surface area contributed by atoms with Crippen molar-refractivity contribution in [2.75, 3.05) is 6.54 Å². The second-order valence-corrected chi connectivity index (χ2v) is 6.26. The van der Waals surface area contributed by atoms with Gasteiger partial charge in [-0.15, -0.1) is 0 Å². The Hall–Kier alpha value is -3.09. The van der Waals surface area contributed by atoms with Crippen molar-refractivity contribution in [3.63, 3.8) is 0 Å². The third-order valence-corrected chi connectivity index (χ3v) is 4.18. The van der Waals surface area contributed by atoms with Gasteiger partial charge < -0.3 is 10.6 Å². The molecule has 0 fully saturated rings. The zero-order chi connectivity index (χ0) is 20.7. The summed E-state index contributed by atoms with van der Waals surface area (Å²) in [4.78, 5) is 23.5. The molecule has 4 nitrogen and oxygen atoms in total. The van der Waals surface area contributed by atoms with Crippen molar-refractivity contribution in [3.05, 3.63) is 83.4 Å². The predicted octanol–water partition coefficient (Wildman–Crippen LogP) is 4.04. The van der Waals surface area contributed by atoms with Gasteiger partial charge in [0.05, 0.1) is 11.6 Å². The zero-order valence-corrected chi connectivity index (χ0v) is 15.3. The average Bonchev–Trinajstić information content (AvgIpc) is 2.67. The van der Waals surface area contributed by atoms with Gasteiger partial charge in [0.25, 0.3) is 5.91 Å². The van der Waals surface area contributed by atoms with Gasteiger partial charge in [-0.3, -0.25) is 9.59 Å². The molecule has 2 aromatic rings. The van der Waals surface area contributed by atoms with E-state index in [0.29, 0.717) is 24.1 Å². The fourth-order valence-corrected chi connectivity index (χ4v) is 2.57. The van der Waals surface area contributed by atoms with Gasteiger partial charge in [-0.1, -0.05) is 30.8 Å². The van der Waals surface area contributed by atoms with E-state index in [1.165, 1.54) is 12.1 Å². The Morgan fingerprint density at radius 2 is 1.82 bits per heavy atom. The molecule has 0 radical (unpaired) electrons. The van der Waals surface area contributed by atoms with Gasteiger partial charge >= 0.3 is 6.18 Å². The van der Waals surface area contributed by atoms with Crippen LogP contribution in [0, 0.1) is 0 Å². The third kappa shape index (κ3) is 5.97. The number of hydrogen-bond donors (Lipinski definition) is 2. The molecular weight excluding hydrogens is 369 g/mol. The van der Waals surface area contributed by atoms with Crippen molar-refractivity contribution < 1.29 is 22.8 Å². The maximum absolute atomic E-state index is 12.8. The molecule has 0 bridgehead atoms. The summed E-state index contributed by atoms with van der Waals surface area (Å²) in [6.07, 6.45) is -2.64. The quantitative estimate of drug-likeness (QED) is 0.701. The number of nitrogens with one attached hydrogen (secondary N) is 2. The third-order valence-electron chi connectivity index (χ3n) is 4.18. The van der Waals surface area contributed by atoms with Gasteiger partial charge in [-0.2, -0.15) is 13.2 Å². The minimum Gasteiger partial charge on any atom is -0.352 e. The molecule has 0 aliphatic rings. The molecule has 0 saturated carbocycles. The second kappa shape index (κ2) is 9.21. The standard InChI is InChI=1S/C21H21F3N2O2/c1-3-19(27)25-12-11-15-7-9-16(10-8-15)20(28)26-14(2)17-5-4-6-18(13-17)21(22,23)24/h3-10,13-14H,1,11-12H2,2H3,(H,25,27)(H,26,28)/t14-/m0/s1. The second-order valence-electron chi connectivity index (χ2n) is 6.26. The molecule has 2 N–H and O–H groups in total. The van der Waals surface area contributed by atoms with Crippen molar-refractivity contribution in [1.82, 2.24) is 10.6 Å². The molecular formula is C21H21F3N2O2. The van der Waals surface area contributed by atoms with E-state index in [1.54, 1.807) is 37.3 Å². The van der Waals surface area contributed by atoms with Crippen LogP contribution in [0.3, 0.4) is 0 Å². The monoisotopic (exact) mass is 390 g/mol. The van der Waals surface area contributed by atoms with Crippen LogP contribution < -0.4 is 10.6 Å². The first-order valence-corrected chi connectivity index (χ1v) is 8.68. The van der Waals surface area contributed by atoms with Gasteiger partial charge in [-0.05, 0) is 54.8 Å². The molecule has 148 valence electrons. The predicted molar refractivity (Wildman–Crippen MR) is 101 cm³/mol. The Morgan fingerprint density at radius 3 is 2.43 bits per heavy atom. The van der Waals surface area contributed by atoms with Crippen molar-refractivity contribution in [1.29, 1.82) is 0 Å². The number of halogens is 3. The Bertz CT molecular complexity index is 845. The van der Waals surface area contributed by atoms with E-state index in [-0.39, 0.29) is 11.8 Å². The summed E-state index contributed by atoms with van der Waals surface area (Å²) in [5.74, 6) is -0.629. The molecule has 0 aliphatic heterocycles. The first-order valence-electron chi connectivity index (χ1n) is 8.68. The minimum absolute atomic E-state index is 0.250. The maximum Gasteiger partial charge on any atom is 0.416 e. The molecule has 0 heterocycles. The minimum atomic E-state index is -4.43. The molecule has 2 amide bonds. The van der Waals surface area contributed by atoms with Gasteiger partial charge in [0.15, 0.2) is 0 Å². The summed E-state index contributed by atoms with van der Waals surface area (Å²) in [6.45, 7) is 5.44. The summed E-state index contributed by atoms with van der Waals surface area (Å²) >= 11 is 0. The largest absolute Gasteiger partial charge is 0.416 e. The number of alkyl halides is 3. The highest BCUT2D eigenvalue weighted by atomic mass is 19.4. The Balaban J connectivity index is 1.97. The lowest BCUT2D eigenvalue weighted by molar-refractivity contribution is -0.137. The molecule has 0 saturated heterocycles. The first-order chi connectivity index (χ1) is 13.2. The molecule has 2 aromatic carbocycles. The first kappa shape index (κ1) is 21.2. The molecule has 0 unspecified atom stereocenters. The summed E-state index contributed by atoms with van der Waals surface area (Å²) in [7, 11) is 0. The highest BCUT2D eigenvalue weighted by Crippen LogP contribution is 2.30. The lowest BCUT2D eigenvalue weighted by atomic mass is 10.0. The van der Waals surface area contributed by atoms with Crippen LogP contribution in [0.15, 0.2) is 61.2 Å². The van der Waals surface area contributed by atoms with Gasteiger partial charge in [0.2, 0.25) is 5.91 Å². The van der Waals surface area contributed by atoms with E-state index in [4.69, 9.17) is 0 Å². The van der Waals surface area contributed by atoms with E-state index >= 15 is 0 Å². The lowest BCUT2D eigenvalue weighted by Crippen LogP contribution is -2.27. The number of hydrogen-bond acceptors (Lipinski definition) is 2. The summed E-state index contributed by atoms with van der Waals surface area (Å²) < 4.78 is 38.5. The number of rotatable bonds is 7. The lowest BCUT2D eigenvalue weighted by Gasteiger charge is -2.16. The Labute approximate surface area is 161 Å². The SMILES string of the molecule is C=CC(=O)NCCc1ccc(C(=O)N[C@@H](C)c2cccc(C(F)(F)F)c2)cc1. The molecule has 7 heteroatoms. The highest BCUT2D eigenvalue weighted by molar-refractivity contribution is 5.94. The van der Waals surface area contributed by atoms with E-state index in [2.05, 4.69) is 17.2 Å². The van der Waals surface area contributed by atoms with Crippen molar-refractivity contribution in [2.24, 2.45) is 0 Å². The van der Waals surface area contributed by atoms with Crippen LogP contribution in [0.25, 0.3) is 0 Å². The van der Waals surface area contributed by atoms with Crippen LogP contribution in [-0.2, 0) is 17.4 Å². The van der Waals surface area contributed by atoms with Crippen LogP contribution in [0.2, 0.25) is 0 Å². The molecule has 0 aliphatic carbocycles. The molecule has 0 spiro atoms. The van der Waals surface area contributed by atoms with Crippen molar-refractivity contribution >= 4 is 11.8 Å². The normalized spacial score (nSPS) is 12.1. The van der Waals surface area contributed by atoms with Gasteiger partial charge in [-0.25, -0.2) is 0 Å². The summed E-state index contributed by atoms with van der Waals surface area (Å²) in [5.41, 5.74) is 0.960. The summed E-state index contributed by atoms with van der Waals surface area (Å²) in [6, 6.07) is 11.1. The Kier molecular flexibility index (Phi) is 6.98. The molecule has 1 atom stereocenters. The Morgan fingerprint density at radius 1 is 1.14 bits per heavy atom. The van der Waals surface area contributed by atoms with Crippen molar-refractivity contribution in [3.8, 4) is 0 Å². The van der Waals surface area contributed by atoms with Gasteiger partial charge in [0, 0.05) is 12.1 Å². The van der Waals surface area contributed by atoms with Crippen LogP contribution in [-0.4, -0.2) is 18.4 Å². The van der Waals surface area contributed by atoms with Crippen LogP contribution in [0.1, 0.15) is 40.0 Å². The van der Waals surface area contributed by atoms with Crippen LogP contribution in [0.5, 0.6) is 0 Å². The average molecular weight is 390 g/mol. The van der Waals surface area contributed by atoms with E-state index in [9.17, 15) is 22.8 Å². The highest BCUT2D eigenvalue weighted by Gasteiger charge is 2.30. The zero-order valence-electron chi connectivity index (χ0n) is 15.3. The smallest absolute Gasteiger partial charge is 0.352 e. The van der Waals surface area contributed by atoms with E-state index < -0.39 is 17.8 Å². The fourth-order valence-electron chi connectivity index (χ4n) is 2.57. The molecule has 28 heavy (non-hydrogen) atoms. The van der Waals surface area contributed by atoms with Gasteiger partial charge in [0.1, 0.15) is 0 Å². The number of carbonyl (C=O) groups is 2. The van der Waals surface area contributed by atoms with E-state index in [1.807, 2.05) is 0 Å². The summed E-state index contributed by atoms with van der Waals surface area (Å²) in [5, 5.41) is 5.36. The molecule has 0 aromatic heterocycles. The number of benzene rings is 2. The number of carbonyl (C=O) groups excluding carboxylic acids is 2. The van der Waals surface area contributed by atoms with Crippen molar-refractivity contribution in [2.45, 2.75) is 25.6 Å². The van der Waals surface area contributed by atoms with Crippen LogP contribution in [0.4, 0.5) is 13.2 Å². The molecule has 2 rings (SSSR count). The fraction of sp³-hybridized carbons (Fsp3) is 0.238. The van der Waals surface area contributed by atoms with E-state index in [0.717, 1.165) is 17.7 Å². The maximum atomic E-state index is 12.8. The topological polar surface area (TPSA) is 58.2 Å².